The highest BCUT2D eigenvalue weighted by Crippen LogP contribution is 2.21. The standard InChI is InChI=1S/C19H17N5OS/c1-13(14-5-3-2-4-6-14)22-19(25)23-15-7-8-17-16(9-15)20-11-24(17)18-10-26-12-21-18/h2-13H,1H3,(H2,22,23,25)/t13-/m0/s1. The zero-order valence-corrected chi connectivity index (χ0v) is 14.9. The van der Waals surface area contributed by atoms with Crippen molar-refractivity contribution in [3.8, 4) is 5.82 Å². The Balaban J connectivity index is 1.48. The van der Waals surface area contributed by atoms with Crippen LogP contribution in [0.4, 0.5) is 10.5 Å². The minimum absolute atomic E-state index is 0.0798. The zero-order chi connectivity index (χ0) is 17.9. The molecule has 0 radical (unpaired) electrons. The van der Waals surface area contributed by atoms with Crippen LogP contribution in [0.3, 0.4) is 0 Å². The molecule has 2 aromatic heterocycles. The Morgan fingerprint density at radius 3 is 2.77 bits per heavy atom. The monoisotopic (exact) mass is 363 g/mol. The molecule has 2 heterocycles. The Kier molecular flexibility index (Phi) is 4.37. The molecule has 0 saturated carbocycles. The first kappa shape index (κ1) is 16.3. The minimum Gasteiger partial charge on any atom is -0.331 e. The van der Waals surface area contributed by atoms with Crippen molar-refractivity contribution in [2.45, 2.75) is 13.0 Å². The summed E-state index contributed by atoms with van der Waals surface area (Å²) in [6, 6.07) is 15.2. The molecular formula is C19H17N5OS. The molecule has 0 spiro atoms. The molecule has 0 unspecified atom stereocenters. The van der Waals surface area contributed by atoms with Gasteiger partial charge >= 0.3 is 6.03 Å². The van der Waals surface area contributed by atoms with E-state index in [0.29, 0.717) is 5.69 Å². The van der Waals surface area contributed by atoms with E-state index in [4.69, 9.17) is 0 Å². The highest BCUT2D eigenvalue weighted by Gasteiger charge is 2.11. The van der Waals surface area contributed by atoms with Gasteiger partial charge in [0, 0.05) is 11.1 Å². The lowest BCUT2D eigenvalue weighted by atomic mass is 10.1. The van der Waals surface area contributed by atoms with Crippen LogP contribution in [0.1, 0.15) is 18.5 Å². The van der Waals surface area contributed by atoms with Crippen LogP contribution in [0.25, 0.3) is 16.9 Å². The van der Waals surface area contributed by atoms with Crippen LogP contribution in [-0.4, -0.2) is 20.6 Å². The summed E-state index contributed by atoms with van der Waals surface area (Å²) in [5.41, 5.74) is 5.28. The summed E-state index contributed by atoms with van der Waals surface area (Å²) in [5.74, 6) is 0.840. The fraction of sp³-hybridized carbons (Fsp3) is 0.105. The zero-order valence-electron chi connectivity index (χ0n) is 14.1. The number of imidazole rings is 1. The van der Waals surface area contributed by atoms with Crippen molar-refractivity contribution in [2.75, 3.05) is 5.32 Å². The number of anilines is 1. The van der Waals surface area contributed by atoms with Crippen molar-refractivity contribution in [1.82, 2.24) is 19.9 Å². The van der Waals surface area contributed by atoms with Crippen molar-refractivity contribution >= 4 is 34.1 Å². The van der Waals surface area contributed by atoms with Gasteiger partial charge in [0.1, 0.15) is 12.1 Å². The van der Waals surface area contributed by atoms with Crippen LogP contribution in [0.2, 0.25) is 0 Å². The van der Waals surface area contributed by atoms with Crippen LogP contribution < -0.4 is 10.6 Å². The molecule has 26 heavy (non-hydrogen) atoms. The molecule has 0 fully saturated rings. The second-order valence-corrected chi connectivity index (χ2v) is 6.61. The smallest absolute Gasteiger partial charge is 0.319 e. The number of urea groups is 1. The Morgan fingerprint density at radius 2 is 2.00 bits per heavy atom. The maximum atomic E-state index is 12.3. The molecule has 0 saturated heterocycles. The van der Waals surface area contributed by atoms with E-state index < -0.39 is 0 Å². The summed E-state index contributed by atoms with van der Waals surface area (Å²) < 4.78 is 1.92. The second kappa shape index (κ2) is 6.97. The number of nitrogens with one attached hydrogen (secondary N) is 2. The molecule has 4 aromatic rings. The predicted octanol–water partition coefficient (Wildman–Crippen LogP) is 4.36. The lowest BCUT2D eigenvalue weighted by Gasteiger charge is -2.15. The highest BCUT2D eigenvalue weighted by atomic mass is 32.1. The molecule has 2 amide bonds. The van der Waals surface area contributed by atoms with Crippen molar-refractivity contribution in [1.29, 1.82) is 0 Å². The van der Waals surface area contributed by atoms with E-state index in [9.17, 15) is 4.79 Å². The number of hydrogen-bond donors (Lipinski definition) is 2. The molecule has 2 N–H and O–H groups in total. The second-order valence-electron chi connectivity index (χ2n) is 5.90. The Labute approximate surface area is 154 Å². The third kappa shape index (κ3) is 3.29. The van der Waals surface area contributed by atoms with Crippen LogP contribution >= 0.6 is 11.3 Å². The maximum absolute atomic E-state index is 12.3. The lowest BCUT2D eigenvalue weighted by Crippen LogP contribution is -2.31. The quantitative estimate of drug-likeness (QED) is 0.566. The molecule has 0 aliphatic rings. The number of fused-ring (bicyclic) bond motifs is 1. The number of amides is 2. The third-order valence-electron chi connectivity index (χ3n) is 4.12. The summed E-state index contributed by atoms with van der Waals surface area (Å²) in [5, 5.41) is 7.77. The van der Waals surface area contributed by atoms with Crippen LogP contribution in [0, 0.1) is 0 Å². The molecule has 4 rings (SSSR count). The Hall–Kier alpha value is -3.19. The van der Waals surface area contributed by atoms with Gasteiger partial charge in [0.25, 0.3) is 0 Å². The fourth-order valence-electron chi connectivity index (χ4n) is 2.79. The van der Waals surface area contributed by atoms with Gasteiger partial charge in [-0.1, -0.05) is 30.3 Å². The number of nitrogens with zero attached hydrogens (tertiary/aromatic N) is 3. The molecular weight excluding hydrogens is 346 g/mol. The van der Waals surface area contributed by atoms with Gasteiger partial charge in [-0.05, 0) is 30.7 Å². The van der Waals surface area contributed by atoms with E-state index in [1.54, 1.807) is 11.8 Å². The molecule has 0 aliphatic carbocycles. The van der Waals surface area contributed by atoms with Crippen LogP contribution in [0.15, 0.2) is 65.7 Å². The minimum atomic E-state index is -0.250. The lowest BCUT2D eigenvalue weighted by molar-refractivity contribution is 0.249. The average Bonchev–Trinajstić information content (AvgIpc) is 3.31. The number of rotatable bonds is 4. The highest BCUT2D eigenvalue weighted by molar-refractivity contribution is 7.07. The van der Waals surface area contributed by atoms with Crippen LogP contribution in [0.5, 0.6) is 0 Å². The summed E-state index contributed by atoms with van der Waals surface area (Å²) >= 11 is 1.54. The number of carbonyl (C=O) groups excluding carboxylic acids is 1. The summed E-state index contributed by atoms with van der Waals surface area (Å²) in [4.78, 5) is 21.0. The van der Waals surface area contributed by atoms with E-state index in [1.807, 2.05) is 65.4 Å². The third-order valence-corrected chi connectivity index (χ3v) is 4.69. The molecule has 6 nitrogen and oxygen atoms in total. The van der Waals surface area contributed by atoms with Gasteiger partial charge < -0.3 is 10.6 Å². The van der Waals surface area contributed by atoms with Gasteiger partial charge in [-0.15, -0.1) is 11.3 Å². The molecule has 2 aromatic carbocycles. The summed E-state index contributed by atoms with van der Waals surface area (Å²) in [7, 11) is 0. The number of benzene rings is 2. The number of hydrogen-bond acceptors (Lipinski definition) is 4. The molecule has 1 atom stereocenters. The summed E-state index contributed by atoms with van der Waals surface area (Å²) in [6.45, 7) is 1.95. The molecule has 0 aliphatic heterocycles. The van der Waals surface area contributed by atoms with Gasteiger partial charge in [0.05, 0.1) is 22.6 Å². The van der Waals surface area contributed by atoms with Gasteiger partial charge in [0.2, 0.25) is 0 Å². The Bertz CT molecular complexity index is 1030. The fourth-order valence-corrected chi connectivity index (χ4v) is 3.31. The van der Waals surface area contributed by atoms with Gasteiger partial charge in [-0.2, -0.15) is 0 Å². The van der Waals surface area contributed by atoms with E-state index in [2.05, 4.69) is 20.6 Å². The van der Waals surface area contributed by atoms with Crippen molar-refractivity contribution in [3.05, 3.63) is 71.3 Å². The van der Waals surface area contributed by atoms with E-state index in [0.717, 1.165) is 22.4 Å². The van der Waals surface area contributed by atoms with Crippen molar-refractivity contribution in [3.63, 3.8) is 0 Å². The summed E-state index contributed by atoms with van der Waals surface area (Å²) in [6.07, 6.45) is 1.74. The van der Waals surface area contributed by atoms with E-state index in [-0.39, 0.29) is 12.1 Å². The topological polar surface area (TPSA) is 71.8 Å². The van der Waals surface area contributed by atoms with Gasteiger partial charge in [0.15, 0.2) is 0 Å². The largest absolute Gasteiger partial charge is 0.331 e. The Morgan fingerprint density at radius 1 is 1.15 bits per heavy atom. The maximum Gasteiger partial charge on any atom is 0.319 e. The van der Waals surface area contributed by atoms with Crippen molar-refractivity contribution < 1.29 is 4.79 Å². The van der Waals surface area contributed by atoms with E-state index in [1.165, 1.54) is 11.3 Å². The van der Waals surface area contributed by atoms with Crippen molar-refractivity contribution in [2.24, 2.45) is 0 Å². The van der Waals surface area contributed by atoms with Gasteiger partial charge in [-0.3, -0.25) is 4.57 Å². The number of aromatic nitrogens is 3. The molecule has 0 bridgehead atoms. The first-order chi connectivity index (χ1) is 12.7. The number of carbonyl (C=O) groups is 1. The molecule has 130 valence electrons. The average molecular weight is 363 g/mol. The van der Waals surface area contributed by atoms with Gasteiger partial charge in [-0.25, -0.2) is 14.8 Å². The first-order valence-corrected chi connectivity index (χ1v) is 9.13. The first-order valence-electron chi connectivity index (χ1n) is 8.19. The predicted molar refractivity (Wildman–Crippen MR) is 104 cm³/mol. The van der Waals surface area contributed by atoms with E-state index >= 15 is 0 Å². The number of thiazole rings is 1. The SMILES string of the molecule is C[C@H](NC(=O)Nc1ccc2c(c1)ncn2-c1cscn1)c1ccccc1. The molecule has 7 heteroatoms. The van der Waals surface area contributed by atoms with Crippen LogP contribution in [-0.2, 0) is 0 Å². The normalized spacial score (nSPS) is 12.0.